The Labute approximate surface area is 286 Å². The largest absolute Gasteiger partial charge is 0.402 e. The fraction of sp³-hybridized carbons (Fsp3) is 0.282. The van der Waals surface area contributed by atoms with Crippen LogP contribution in [0.4, 0.5) is 30.2 Å². The van der Waals surface area contributed by atoms with Gasteiger partial charge in [-0.1, -0.05) is 24.3 Å². The Hall–Kier alpha value is -5.45. The number of alkyl halides is 3. The molecule has 4 heterocycles. The van der Waals surface area contributed by atoms with Crippen molar-refractivity contribution < 1.29 is 32.3 Å². The molecule has 0 aliphatic carbocycles. The minimum absolute atomic E-state index is 0.0119. The van der Waals surface area contributed by atoms with Gasteiger partial charge in [0.1, 0.15) is 5.41 Å². The summed E-state index contributed by atoms with van der Waals surface area (Å²) in [6.45, 7) is 9.86. The molecule has 0 aromatic heterocycles. The van der Waals surface area contributed by atoms with Gasteiger partial charge in [-0.3, -0.25) is 24.1 Å². The number of hydrogen-bond acceptors (Lipinski definition) is 6. The van der Waals surface area contributed by atoms with E-state index in [-0.39, 0.29) is 33.4 Å². The second-order valence-electron chi connectivity index (χ2n) is 13.9. The molecule has 0 saturated heterocycles. The molecule has 50 heavy (non-hydrogen) atoms. The Morgan fingerprint density at radius 1 is 0.560 bits per heavy atom. The summed E-state index contributed by atoms with van der Waals surface area (Å²) in [6, 6.07) is 15.4. The topological polar surface area (TPSA) is 81.2 Å². The van der Waals surface area contributed by atoms with Gasteiger partial charge in [-0.2, -0.15) is 13.2 Å². The summed E-state index contributed by atoms with van der Waals surface area (Å²) in [5, 5.41) is 0. The van der Waals surface area contributed by atoms with Crippen LogP contribution in [0.1, 0.15) is 87.3 Å². The molecule has 0 N–H and O–H groups in total. The van der Waals surface area contributed by atoms with Crippen molar-refractivity contribution >= 4 is 40.7 Å². The predicted molar refractivity (Wildman–Crippen MR) is 182 cm³/mol. The van der Waals surface area contributed by atoms with Crippen LogP contribution >= 0.6 is 0 Å². The molecule has 4 amide bonds. The van der Waals surface area contributed by atoms with E-state index in [0.29, 0.717) is 24.3 Å². The second kappa shape index (κ2) is 10.5. The Kier molecular flexibility index (Phi) is 6.69. The molecule has 4 aliphatic heterocycles. The summed E-state index contributed by atoms with van der Waals surface area (Å²) in [7, 11) is 1.27. The maximum atomic E-state index is 15.1. The third-order valence-corrected chi connectivity index (χ3v) is 11.1. The van der Waals surface area contributed by atoms with E-state index in [9.17, 15) is 19.2 Å². The molecular formula is C39H33F3N4O4. The molecule has 4 aliphatic rings. The first-order valence-electron chi connectivity index (χ1n) is 16.4. The number of anilines is 3. The highest BCUT2D eigenvalue weighted by Gasteiger charge is 2.55. The molecule has 254 valence electrons. The van der Waals surface area contributed by atoms with Crippen molar-refractivity contribution in [3.05, 3.63) is 122 Å². The van der Waals surface area contributed by atoms with E-state index in [0.717, 1.165) is 53.2 Å². The lowest BCUT2D eigenvalue weighted by Gasteiger charge is -2.33. The zero-order chi connectivity index (χ0) is 35.6. The first kappa shape index (κ1) is 31.8. The first-order chi connectivity index (χ1) is 23.6. The van der Waals surface area contributed by atoms with Crippen LogP contribution in [0.5, 0.6) is 0 Å². The molecule has 0 radical (unpaired) electrons. The molecule has 1 atom stereocenters. The van der Waals surface area contributed by atoms with Gasteiger partial charge in [0.05, 0.1) is 27.9 Å². The molecule has 0 saturated carbocycles. The SMILES string of the molecule is Cc1cc2c(cc1C)N1CCN(C2)c2cc(N3C(=O)c4ccc(C(C)(c5ccc6c(c5)C(=O)N(C)C6=O)C(F)(F)F)cc4C3=O)c(C)cc2C1. The fourth-order valence-electron chi connectivity index (χ4n) is 7.85. The van der Waals surface area contributed by atoms with E-state index in [2.05, 4.69) is 35.8 Å². The number of fused-ring (bicyclic) bond motifs is 9. The van der Waals surface area contributed by atoms with E-state index >= 15 is 13.2 Å². The number of carbonyl (C=O) groups is 4. The van der Waals surface area contributed by atoms with Gasteiger partial charge in [-0.05, 0) is 103 Å². The van der Waals surface area contributed by atoms with E-state index < -0.39 is 35.2 Å². The Morgan fingerprint density at radius 3 is 1.60 bits per heavy atom. The standard InChI is InChI=1S/C39H33F3N4O4/c1-20-12-23-18-45-11-10-44(32(23)14-21(20)2)19-24-13-22(3)31(17-33(24)45)46-36(49)28-9-7-26(16-30(28)37(46)50)38(4,39(40,41)42)25-6-8-27-29(15-25)35(48)43(5)34(27)47/h6-9,12-17H,10-11,18-19H2,1-5H3. The van der Waals surface area contributed by atoms with E-state index in [4.69, 9.17) is 0 Å². The molecule has 4 aromatic rings. The zero-order valence-corrected chi connectivity index (χ0v) is 28.2. The monoisotopic (exact) mass is 678 g/mol. The van der Waals surface area contributed by atoms with E-state index in [1.54, 1.807) is 0 Å². The maximum absolute atomic E-state index is 15.1. The lowest BCUT2D eigenvalue weighted by molar-refractivity contribution is -0.173. The number of benzene rings is 4. The fourth-order valence-corrected chi connectivity index (χ4v) is 7.85. The van der Waals surface area contributed by atoms with Crippen molar-refractivity contribution in [2.45, 2.75) is 52.4 Å². The van der Waals surface area contributed by atoms with Gasteiger partial charge in [-0.15, -0.1) is 0 Å². The number of carbonyl (C=O) groups excluding carboxylic acids is 4. The minimum Gasteiger partial charge on any atom is -0.365 e. The third-order valence-electron chi connectivity index (χ3n) is 11.1. The average molecular weight is 679 g/mol. The molecular weight excluding hydrogens is 645 g/mol. The Morgan fingerprint density at radius 2 is 1.02 bits per heavy atom. The highest BCUT2D eigenvalue weighted by Crippen LogP contribution is 2.48. The molecule has 1 unspecified atom stereocenters. The van der Waals surface area contributed by atoms with Crippen LogP contribution in [-0.2, 0) is 18.5 Å². The summed E-state index contributed by atoms with van der Waals surface area (Å²) < 4.78 is 45.3. The van der Waals surface area contributed by atoms with Gasteiger partial charge in [0, 0.05) is 44.6 Å². The first-order valence-corrected chi connectivity index (χ1v) is 16.4. The highest BCUT2D eigenvalue weighted by molar-refractivity contribution is 6.34. The van der Waals surface area contributed by atoms with E-state index in [1.807, 2.05) is 19.1 Å². The third kappa shape index (κ3) is 4.31. The quantitative estimate of drug-likeness (QED) is 0.221. The summed E-state index contributed by atoms with van der Waals surface area (Å²) >= 11 is 0. The van der Waals surface area contributed by atoms with Crippen molar-refractivity contribution in [1.82, 2.24) is 4.90 Å². The van der Waals surface area contributed by atoms with Gasteiger partial charge in [-0.25, -0.2) is 4.90 Å². The maximum Gasteiger partial charge on any atom is 0.402 e. The van der Waals surface area contributed by atoms with Crippen LogP contribution in [0, 0.1) is 20.8 Å². The van der Waals surface area contributed by atoms with Gasteiger partial charge < -0.3 is 9.80 Å². The molecule has 2 bridgehead atoms. The number of hydrogen-bond donors (Lipinski definition) is 0. The van der Waals surface area contributed by atoms with Gasteiger partial charge in [0.2, 0.25) is 0 Å². The van der Waals surface area contributed by atoms with Crippen LogP contribution in [0.15, 0.2) is 60.7 Å². The van der Waals surface area contributed by atoms with Crippen LogP contribution < -0.4 is 14.7 Å². The smallest absolute Gasteiger partial charge is 0.365 e. The molecule has 0 fully saturated rings. The Bertz CT molecular complexity index is 2250. The minimum atomic E-state index is -4.87. The summed E-state index contributed by atoms with van der Waals surface area (Å²) in [6.07, 6.45) is -4.87. The number of halogens is 3. The lowest BCUT2D eigenvalue weighted by atomic mass is 9.74. The Balaban J connectivity index is 1.18. The van der Waals surface area contributed by atoms with E-state index in [1.165, 1.54) is 53.7 Å². The highest BCUT2D eigenvalue weighted by atomic mass is 19.4. The summed E-state index contributed by atoms with van der Waals surface area (Å²) in [5.74, 6) is -2.60. The summed E-state index contributed by atoms with van der Waals surface area (Å²) in [5.41, 5.74) is 4.48. The number of nitrogens with zero attached hydrogens (tertiary/aromatic N) is 4. The number of aryl methyl sites for hydroxylation is 3. The van der Waals surface area contributed by atoms with Gasteiger partial charge in [0.15, 0.2) is 0 Å². The van der Waals surface area contributed by atoms with Crippen molar-refractivity contribution in [2.75, 3.05) is 34.8 Å². The van der Waals surface area contributed by atoms with Crippen LogP contribution in [-0.4, -0.2) is 54.8 Å². The number of imide groups is 2. The molecule has 8 nitrogen and oxygen atoms in total. The van der Waals surface area contributed by atoms with Crippen LogP contribution in [0.25, 0.3) is 0 Å². The predicted octanol–water partition coefficient (Wildman–Crippen LogP) is 6.85. The second-order valence-corrected chi connectivity index (χ2v) is 13.9. The molecule has 11 heteroatoms. The molecule has 0 spiro atoms. The van der Waals surface area contributed by atoms with Gasteiger partial charge >= 0.3 is 6.18 Å². The zero-order valence-electron chi connectivity index (χ0n) is 28.2. The van der Waals surface area contributed by atoms with Gasteiger partial charge in [0.25, 0.3) is 23.6 Å². The number of rotatable bonds is 3. The van der Waals surface area contributed by atoms with Crippen LogP contribution in [0.3, 0.4) is 0 Å². The van der Waals surface area contributed by atoms with Crippen molar-refractivity contribution in [3.63, 3.8) is 0 Å². The van der Waals surface area contributed by atoms with Crippen LogP contribution in [0.2, 0.25) is 0 Å². The molecule has 8 rings (SSSR count). The average Bonchev–Trinajstić information content (AvgIpc) is 3.27. The summed E-state index contributed by atoms with van der Waals surface area (Å²) in [4.78, 5) is 59.6. The van der Waals surface area contributed by atoms with Crippen molar-refractivity contribution in [1.29, 1.82) is 0 Å². The number of amides is 4. The molecule has 4 aromatic carbocycles. The lowest BCUT2D eigenvalue weighted by Crippen LogP contribution is -2.41. The van der Waals surface area contributed by atoms with Crippen molar-refractivity contribution in [3.8, 4) is 0 Å². The van der Waals surface area contributed by atoms with Crippen molar-refractivity contribution in [2.24, 2.45) is 0 Å². The normalized spacial score (nSPS) is 17.8.